The summed E-state index contributed by atoms with van der Waals surface area (Å²) in [5, 5.41) is 10.4. The molecule has 3 aromatic rings. The second-order valence-electron chi connectivity index (χ2n) is 6.53. The molecule has 0 saturated heterocycles. The van der Waals surface area contributed by atoms with Gasteiger partial charge in [-0.2, -0.15) is 0 Å². The van der Waals surface area contributed by atoms with Crippen LogP contribution in [0.1, 0.15) is 21.7 Å². The minimum Gasteiger partial charge on any atom is -0.491 e. The Labute approximate surface area is 163 Å². The van der Waals surface area contributed by atoms with Crippen molar-refractivity contribution in [2.45, 2.75) is 19.2 Å². The number of carbonyl (C=O) groups is 1. The molecule has 0 aliphatic heterocycles. The van der Waals surface area contributed by atoms with E-state index < -0.39 is 6.10 Å². The molecule has 0 aliphatic rings. The van der Waals surface area contributed by atoms with Crippen molar-refractivity contribution in [2.75, 3.05) is 13.2 Å². The van der Waals surface area contributed by atoms with E-state index in [0.717, 1.165) is 17.6 Å². The van der Waals surface area contributed by atoms with Gasteiger partial charge in [-0.3, -0.25) is 9.69 Å². The molecule has 1 aromatic heterocycles. The highest BCUT2D eigenvalue weighted by atomic mass is 19.1. The highest BCUT2D eigenvalue weighted by molar-refractivity contribution is 5.74. The highest BCUT2D eigenvalue weighted by Crippen LogP contribution is 2.14. The van der Waals surface area contributed by atoms with Crippen LogP contribution in [0.25, 0.3) is 0 Å². The molecule has 28 heavy (non-hydrogen) atoms. The standard InChI is InChI=1S/C22H22FNO4/c23-19-7-3-17(4-8-19)12-24(14-22-2-1-11-27-22)13-20(26)16-28-21-9-5-18(15-25)6-10-21/h1-11,15,20,26H,12-14,16H2. The summed E-state index contributed by atoms with van der Waals surface area (Å²) in [5.41, 5.74) is 1.50. The number of carbonyl (C=O) groups excluding carboxylic acids is 1. The van der Waals surface area contributed by atoms with Crippen LogP contribution in [0, 0.1) is 5.82 Å². The molecule has 0 amide bonds. The summed E-state index contributed by atoms with van der Waals surface area (Å²) in [4.78, 5) is 12.7. The van der Waals surface area contributed by atoms with Crippen molar-refractivity contribution in [3.63, 3.8) is 0 Å². The van der Waals surface area contributed by atoms with Crippen molar-refractivity contribution in [3.05, 3.63) is 89.6 Å². The second-order valence-corrected chi connectivity index (χ2v) is 6.53. The summed E-state index contributed by atoms with van der Waals surface area (Å²) in [6.07, 6.45) is 1.63. The fourth-order valence-electron chi connectivity index (χ4n) is 2.84. The molecular weight excluding hydrogens is 361 g/mol. The van der Waals surface area contributed by atoms with Crippen LogP contribution < -0.4 is 4.74 Å². The van der Waals surface area contributed by atoms with Gasteiger partial charge in [-0.05, 0) is 54.1 Å². The summed E-state index contributed by atoms with van der Waals surface area (Å²) >= 11 is 0. The molecule has 2 aromatic carbocycles. The average molecular weight is 383 g/mol. The fraction of sp³-hybridized carbons (Fsp3) is 0.227. The van der Waals surface area contributed by atoms with Crippen LogP contribution in [0.2, 0.25) is 0 Å². The molecule has 1 atom stereocenters. The first-order chi connectivity index (χ1) is 13.6. The number of hydrogen-bond acceptors (Lipinski definition) is 5. The number of aliphatic hydroxyl groups is 1. The SMILES string of the molecule is O=Cc1ccc(OCC(O)CN(Cc2ccc(F)cc2)Cc2ccco2)cc1. The first kappa shape index (κ1) is 19.8. The largest absolute Gasteiger partial charge is 0.491 e. The topological polar surface area (TPSA) is 62.9 Å². The lowest BCUT2D eigenvalue weighted by Gasteiger charge is -2.24. The normalized spacial score (nSPS) is 12.1. The summed E-state index contributed by atoms with van der Waals surface area (Å²) in [7, 11) is 0. The van der Waals surface area contributed by atoms with E-state index in [1.54, 1.807) is 42.7 Å². The maximum absolute atomic E-state index is 13.1. The summed E-state index contributed by atoms with van der Waals surface area (Å²) in [5.74, 6) is 1.08. The minimum absolute atomic E-state index is 0.110. The number of rotatable bonds is 10. The van der Waals surface area contributed by atoms with Gasteiger partial charge in [0.25, 0.3) is 0 Å². The molecule has 146 valence electrons. The molecule has 0 saturated carbocycles. The molecular formula is C22H22FNO4. The van der Waals surface area contributed by atoms with Gasteiger partial charge in [0.1, 0.15) is 36.3 Å². The van der Waals surface area contributed by atoms with Crippen molar-refractivity contribution in [1.29, 1.82) is 0 Å². The lowest BCUT2D eigenvalue weighted by atomic mass is 10.2. The molecule has 0 aliphatic carbocycles. The Morgan fingerprint density at radius 2 is 1.82 bits per heavy atom. The number of benzene rings is 2. The fourth-order valence-corrected chi connectivity index (χ4v) is 2.84. The Bertz CT molecular complexity index is 847. The molecule has 1 unspecified atom stereocenters. The highest BCUT2D eigenvalue weighted by Gasteiger charge is 2.15. The zero-order chi connectivity index (χ0) is 19.8. The van der Waals surface area contributed by atoms with Gasteiger partial charge in [0, 0.05) is 18.7 Å². The van der Waals surface area contributed by atoms with Crippen LogP contribution in [0.15, 0.2) is 71.3 Å². The molecule has 0 radical (unpaired) electrons. The van der Waals surface area contributed by atoms with Crippen LogP contribution in [0.4, 0.5) is 4.39 Å². The number of aliphatic hydroxyl groups excluding tert-OH is 1. The smallest absolute Gasteiger partial charge is 0.150 e. The van der Waals surface area contributed by atoms with E-state index in [1.807, 2.05) is 17.0 Å². The van der Waals surface area contributed by atoms with Crippen LogP contribution in [-0.4, -0.2) is 35.5 Å². The van der Waals surface area contributed by atoms with Gasteiger partial charge >= 0.3 is 0 Å². The van der Waals surface area contributed by atoms with E-state index in [2.05, 4.69) is 0 Å². The van der Waals surface area contributed by atoms with Crippen LogP contribution >= 0.6 is 0 Å². The van der Waals surface area contributed by atoms with Gasteiger partial charge < -0.3 is 14.3 Å². The van der Waals surface area contributed by atoms with E-state index in [4.69, 9.17) is 9.15 Å². The maximum Gasteiger partial charge on any atom is 0.150 e. The molecule has 0 bridgehead atoms. The number of aldehydes is 1. The van der Waals surface area contributed by atoms with E-state index in [1.165, 1.54) is 12.1 Å². The van der Waals surface area contributed by atoms with Gasteiger partial charge in [-0.1, -0.05) is 12.1 Å². The van der Waals surface area contributed by atoms with E-state index in [-0.39, 0.29) is 12.4 Å². The Morgan fingerprint density at radius 1 is 1.07 bits per heavy atom. The van der Waals surface area contributed by atoms with Gasteiger partial charge in [-0.25, -0.2) is 4.39 Å². The van der Waals surface area contributed by atoms with Crippen molar-refractivity contribution in [3.8, 4) is 5.75 Å². The quantitative estimate of drug-likeness (QED) is 0.541. The number of furan rings is 1. The third-order valence-corrected chi connectivity index (χ3v) is 4.21. The molecule has 0 spiro atoms. The lowest BCUT2D eigenvalue weighted by molar-refractivity contribution is 0.0604. The van der Waals surface area contributed by atoms with E-state index >= 15 is 0 Å². The van der Waals surface area contributed by atoms with Crippen LogP contribution in [0.5, 0.6) is 5.75 Å². The molecule has 5 nitrogen and oxygen atoms in total. The lowest BCUT2D eigenvalue weighted by Crippen LogP contribution is -2.35. The number of ether oxygens (including phenoxy) is 1. The molecule has 0 fully saturated rings. The Kier molecular flexibility index (Phi) is 6.94. The van der Waals surface area contributed by atoms with Crippen molar-refractivity contribution in [1.82, 2.24) is 4.90 Å². The van der Waals surface area contributed by atoms with Crippen LogP contribution in [-0.2, 0) is 13.1 Å². The number of nitrogens with zero attached hydrogens (tertiary/aromatic N) is 1. The van der Waals surface area contributed by atoms with Crippen molar-refractivity contribution in [2.24, 2.45) is 0 Å². The average Bonchev–Trinajstić information content (AvgIpc) is 3.21. The number of halogens is 1. The summed E-state index contributed by atoms with van der Waals surface area (Å²) < 4.78 is 24.2. The van der Waals surface area contributed by atoms with Gasteiger partial charge in [-0.15, -0.1) is 0 Å². The van der Waals surface area contributed by atoms with Gasteiger partial charge in [0.2, 0.25) is 0 Å². The predicted octanol–water partition coefficient (Wildman–Crippen LogP) is 3.67. The summed E-state index contributed by atoms with van der Waals surface area (Å²) in [6.45, 7) is 1.50. The first-order valence-corrected chi connectivity index (χ1v) is 8.97. The zero-order valence-electron chi connectivity index (χ0n) is 15.3. The van der Waals surface area contributed by atoms with Crippen LogP contribution in [0.3, 0.4) is 0 Å². The molecule has 6 heteroatoms. The summed E-state index contributed by atoms with van der Waals surface area (Å²) in [6, 6.07) is 16.7. The maximum atomic E-state index is 13.1. The Morgan fingerprint density at radius 3 is 2.46 bits per heavy atom. The molecule has 1 heterocycles. The Balaban J connectivity index is 1.58. The van der Waals surface area contributed by atoms with Crippen molar-refractivity contribution >= 4 is 6.29 Å². The Hall–Kier alpha value is -2.96. The van der Waals surface area contributed by atoms with Gasteiger partial charge in [0.15, 0.2) is 0 Å². The minimum atomic E-state index is -0.735. The van der Waals surface area contributed by atoms with Gasteiger partial charge in [0.05, 0.1) is 12.8 Å². The number of hydrogen-bond donors (Lipinski definition) is 1. The monoisotopic (exact) mass is 383 g/mol. The van der Waals surface area contributed by atoms with E-state index in [0.29, 0.717) is 30.9 Å². The zero-order valence-corrected chi connectivity index (χ0v) is 15.3. The first-order valence-electron chi connectivity index (χ1n) is 8.97. The third-order valence-electron chi connectivity index (χ3n) is 4.21. The second kappa shape index (κ2) is 9.82. The third kappa shape index (κ3) is 6.04. The predicted molar refractivity (Wildman–Crippen MR) is 103 cm³/mol. The van der Waals surface area contributed by atoms with Crippen molar-refractivity contribution < 1.29 is 23.4 Å². The van der Waals surface area contributed by atoms with E-state index in [9.17, 15) is 14.3 Å². The molecule has 1 N–H and O–H groups in total. The molecule has 3 rings (SSSR count).